The Balaban J connectivity index is 1.80. The average Bonchev–Trinajstić information content (AvgIpc) is 3.04. The number of ether oxygens (including phenoxy) is 2. The van der Waals surface area contributed by atoms with Gasteiger partial charge in [0.2, 0.25) is 0 Å². The van der Waals surface area contributed by atoms with Crippen molar-refractivity contribution < 1.29 is 19.1 Å². The monoisotopic (exact) mass is 537 g/mol. The number of methoxy groups -OCH3 is 1. The second kappa shape index (κ2) is 11.6. The molecule has 1 heterocycles. The van der Waals surface area contributed by atoms with Crippen LogP contribution < -0.4 is 20.2 Å². The maximum atomic E-state index is 12.9. The zero-order valence-corrected chi connectivity index (χ0v) is 21.5. The SMILES string of the molecule is C=CCc1cc(/C=C2/SC(=S)N(NC(=O)Nc3ccc(Cl)c(Cl)c3)C2=O)cc(OCC)c1OC. The van der Waals surface area contributed by atoms with Gasteiger partial charge in [-0.15, -0.1) is 6.58 Å². The third-order valence-electron chi connectivity index (χ3n) is 4.50. The zero-order valence-electron chi connectivity index (χ0n) is 18.3. The summed E-state index contributed by atoms with van der Waals surface area (Å²) in [5, 5.41) is 4.24. The Morgan fingerprint density at radius 2 is 2.03 bits per heavy atom. The maximum absolute atomic E-state index is 12.9. The average molecular weight is 538 g/mol. The summed E-state index contributed by atoms with van der Waals surface area (Å²) >= 11 is 18.2. The Hall–Kier alpha value is -2.72. The van der Waals surface area contributed by atoms with Crippen molar-refractivity contribution >= 4 is 75.2 Å². The summed E-state index contributed by atoms with van der Waals surface area (Å²) in [6.07, 6.45) is 4.00. The largest absolute Gasteiger partial charge is 0.493 e. The van der Waals surface area contributed by atoms with E-state index in [0.29, 0.717) is 40.1 Å². The standard InChI is InChI=1S/C23H21Cl2N3O4S2/c1-4-6-14-9-13(10-18(32-5-2)20(14)31-3)11-19-21(29)28(23(33)34-19)27-22(30)26-15-7-8-16(24)17(25)12-15/h4,7-12H,1,5-6H2,2-3H3,(H2,26,27,30)/b19-11+. The number of allylic oxidation sites excluding steroid dienone is 1. The third kappa shape index (κ3) is 6.04. The molecular formula is C23H21Cl2N3O4S2. The van der Waals surface area contributed by atoms with Gasteiger partial charge in [-0.05, 0) is 67.5 Å². The lowest BCUT2D eigenvalue weighted by molar-refractivity contribution is -0.123. The van der Waals surface area contributed by atoms with Crippen LogP contribution in [0.15, 0.2) is 47.9 Å². The van der Waals surface area contributed by atoms with Crippen LogP contribution in [0.1, 0.15) is 18.1 Å². The minimum atomic E-state index is -0.660. The van der Waals surface area contributed by atoms with E-state index in [1.165, 1.54) is 6.07 Å². The number of amides is 3. The first kappa shape index (κ1) is 25.9. The molecule has 0 saturated carbocycles. The number of halogens is 2. The number of thioether (sulfide) groups is 1. The van der Waals surface area contributed by atoms with Gasteiger partial charge in [-0.1, -0.05) is 41.0 Å². The molecule has 0 radical (unpaired) electrons. The fourth-order valence-corrected chi connectivity index (χ4v) is 4.60. The number of hydrazine groups is 1. The number of hydrogen-bond donors (Lipinski definition) is 2. The molecule has 0 atom stereocenters. The summed E-state index contributed by atoms with van der Waals surface area (Å²) in [6, 6.07) is 7.64. The van der Waals surface area contributed by atoms with Crippen LogP contribution in [0.5, 0.6) is 11.5 Å². The molecule has 2 aromatic carbocycles. The number of thiocarbonyl (C=S) groups is 1. The van der Waals surface area contributed by atoms with Crippen LogP contribution in [-0.2, 0) is 11.2 Å². The van der Waals surface area contributed by atoms with E-state index in [9.17, 15) is 9.59 Å². The highest BCUT2D eigenvalue weighted by Crippen LogP contribution is 2.37. The first-order chi connectivity index (χ1) is 16.3. The molecule has 0 bridgehead atoms. The van der Waals surface area contributed by atoms with Crippen LogP contribution in [-0.4, -0.2) is 35.0 Å². The summed E-state index contributed by atoms with van der Waals surface area (Å²) in [4.78, 5) is 25.7. The molecule has 2 aromatic rings. The van der Waals surface area contributed by atoms with Crippen LogP contribution in [0.4, 0.5) is 10.5 Å². The third-order valence-corrected chi connectivity index (χ3v) is 6.55. The first-order valence-electron chi connectivity index (χ1n) is 10.0. The number of hydrogen-bond acceptors (Lipinski definition) is 6. The van der Waals surface area contributed by atoms with Crippen molar-refractivity contribution in [2.24, 2.45) is 0 Å². The summed E-state index contributed by atoms with van der Waals surface area (Å²) in [5.74, 6) is 0.718. The van der Waals surface area contributed by atoms with E-state index in [1.54, 1.807) is 37.5 Å². The van der Waals surface area contributed by atoms with Crippen molar-refractivity contribution in [3.05, 3.63) is 69.1 Å². The predicted octanol–water partition coefficient (Wildman–Crippen LogP) is 6.07. The minimum Gasteiger partial charge on any atom is -0.493 e. The highest BCUT2D eigenvalue weighted by molar-refractivity contribution is 8.26. The normalized spacial score (nSPS) is 14.4. The fourth-order valence-electron chi connectivity index (χ4n) is 3.12. The van der Waals surface area contributed by atoms with Crippen molar-refractivity contribution in [2.75, 3.05) is 19.0 Å². The number of anilines is 1. The number of rotatable bonds is 8. The molecule has 0 aromatic heterocycles. The van der Waals surface area contributed by atoms with Crippen LogP contribution in [0.25, 0.3) is 6.08 Å². The van der Waals surface area contributed by atoms with Crippen molar-refractivity contribution in [1.82, 2.24) is 10.4 Å². The van der Waals surface area contributed by atoms with E-state index in [2.05, 4.69) is 17.3 Å². The predicted molar refractivity (Wildman–Crippen MR) is 142 cm³/mol. The summed E-state index contributed by atoms with van der Waals surface area (Å²) in [5.41, 5.74) is 4.45. The lowest BCUT2D eigenvalue weighted by Gasteiger charge is -2.16. The molecule has 3 amide bonds. The van der Waals surface area contributed by atoms with Gasteiger partial charge in [-0.2, -0.15) is 5.01 Å². The van der Waals surface area contributed by atoms with Gasteiger partial charge in [0, 0.05) is 11.3 Å². The summed E-state index contributed by atoms with van der Waals surface area (Å²) < 4.78 is 11.4. The first-order valence-corrected chi connectivity index (χ1v) is 12.0. The molecule has 1 saturated heterocycles. The molecule has 2 N–H and O–H groups in total. The Labute approximate surface area is 217 Å². The maximum Gasteiger partial charge on any atom is 0.338 e. The molecule has 1 aliphatic heterocycles. The number of carbonyl (C=O) groups is 2. The van der Waals surface area contributed by atoms with Crippen LogP contribution in [0.3, 0.4) is 0 Å². The number of nitrogens with zero attached hydrogens (tertiary/aromatic N) is 1. The van der Waals surface area contributed by atoms with E-state index >= 15 is 0 Å². The lowest BCUT2D eigenvalue weighted by atomic mass is 10.0. The van der Waals surface area contributed by atoms with Crippen molar-refractivity contribution in [3.63, 3.8) is 0 Å². The lowest BCUT2D eigenvalue weighted by Crippen LogP contribution is -2.46. The quantitative estimate of drug-likeness (QED) is 0.241. The topological polar surface area (TPSA) is 79.9 Å². The fraction of sp³-hybridized carbons (Fsp3) is 0.174. The molecule has 0 unspecified atom stereocenters. The zero-order chi connectivity index (χ0) is 24.8. The molecule has 7 nitrogen and oxygen atoms in total. The highest BCUT2D eigenvalue weighted by atomic mass is 35.5. The molecule has 178 valence electrons. The van der Waals surface area contributed by atoms with E-state index in [0.717, 1.165) is 27.9 Å². The minimum absolute atomic E-state index is 0.186. The van der Waals surface area contributed by atoms with E-state index in [4.69, 9.17) is 44.9 Å². The van der Waals surface area contributed by atoms with Gasteiger partial charge in [0.1, 0.15) is 0 Å². The number of carbonyl (C=O) groups excluding carboxylic acids is 2. The van der Waals surface area contributed by atoms with Gasteiger partial charge in [0.25, 0.3) is 5.91 Å². The Kier molecular flexibility index (Phi) is 8.84. The van der Waals surface area contributed by atoms with Crippen LogP contribution in [0, 0.1) is 0 Å². The summed E-state index contributed by atoms with van der Waals surface area (Å²) in [7, 11) is 1.57. The molecule has 0 aliphatic carbocycles. The van der Waals surface area contributed by atoms with Gasteiger partial charge in [0.15, 0.2) is 15.8 Å². The molecular weight excluding hydrogens is 517 g/mol. The highest BCUT2D eigenvalue weighted by Gasteiger charge is 2.33. The molecule has 1 aliphatic rings. The molecule has 0 spiro atoms. The van der Waals surface area contributed by atoms with E-state index < -0.39 is 11.9 Å². The number of urea groups is 1. The molecule has 1 fully saturated rings. The second-order valence-corrected chi connectivity index (χ2v) is 9.34. The van der Waals surface area contributed by atoms with Crippen molar-refractivity contribution in [1.29, 1.82) is 0 Å². The number of nitrogens with one attached hydrogen (secondary N) is 2. The van der Waals surface area contributed by atoms with Gasteiger partial charge in [0.05, 0.1) is 28.7 Å². The molecule has 11 heteroatoms. The van der Waals surface area contributed by atoms with Gasteiger partial charge < -0.3 is 14.8 Å². The van der Waals surface area contributed by atoms with Gasteiger partial charge in [-0.3, -0.25) is 4.79 Å². The summed E-state index contributed by atoms with van der Waals surface area (Å²) in [6.45, 7) is 6.11. The van der Waals surface area contributed by atoms with Gasteiger partial charge in [-0.25, -0.2) is 10.2 Å². The van der Waals surface area contributed by atoms with E-state index in [-0.39, 0.29) is 9.34 Å². The number of benzene rings is 2. The van der Waals surface area contributed by atoms with Crippen LogP contribution >= 0.6 is 47.2 Å². The van der Waals surface area contributed by atoms with Gasteiger partial charge >= 0.3 is 6.03 Å². The Morgan fingerprint density at radius 3 is 2.68 bits per heavy atom. The van der Waals surface area contributed by atoms with E-state index in [1.807, 2.05) is 13.0 Å². The Morgan fingerprint density at radius 1 is 1.26 bits per heavy atom. The van der Waals surface area contributed by atoms with Crippen molar-refractivity contribution in [3.8, 4) is 11.5 Å². The van der Waals surface area contributed by atoms with Crippen molar-refractivity contribution in [2.45, 2.75) is 13.3 Å². The second-order valence-electron chi connectivity index (χ2n) is 6.85. The smallest absolute Gasteiger partial charge is 0.338 e. The molecule has 34 heavy (non-hydrogen) atoms. The molecule has 3 rings (SSSR count). The van der Waals surface area contributed by atoms with Crippen LogP contribution in [0.2, 0.25) is 10.0 Å². The Bertz CT molecular complexity index is 1190.